The largest absolute Gasteiger partial charge is 0.430 e. The summed E-state index contributed by atoms with van der Waals surface area (Å²) in [4.78, 5) is 0. The van der Waals surface area contributed by atoms with Gasteiger partial charge in [0.05, 0.1) is 0 Å². The molecule has 0 aliphatic rings. The fraction of sp³-hybridized carbons (Fsp3) is 0.200. The van der Waals surface area contributed by atoms with E-state index in [4.69, 9.17) is 10.5 Å². The molecule has 0 unspecified atom stereocenters. The summed E-state index contributed by atoms with van der Waals surface area (Å²) >= 11 is 1.36. The van der Waals surface area contributed by atoms with E-state index in [9.17, 15) is 0 Å². The molecule has 4 nitrogen and oxygen atoms in total. The lowest BCUT2D eigenvalue weighted by molar-refractivity contribution is 0.469. The number of nitrogens with two attached hydrogens (primary N) is 1. The van der Waals surface area contributed by atoms with Crippen molar-refractivity contribution in [2.45, 2.75) is 13.5 Å². The summed E-state index contributed by atoms with van der Waals surface area (Å²) < 4.78 is 5.58. The highest BCUT2D eigenvalue weighted by Crippen LogP contribution is 2.26. The Kier molecular flexibility index (Phi) is 2.94. The number of hydrogen-bond donors (Lipinski definition) is 1. The van der Waals surface area contributed by atoms with Gasteiger partial charge in [-0.25, -0.2) is 0 Å². The van der Waals surface area contributed by atoms with Crippen molar-refractivity contribution >= 4 is 11.3 Å². The van der Waals surface area contributed by atoms with Crippen LogP contribution < -0.4 is 10.5 Å². The van der Waals surface area contributed by atoms with Crippen LogP contribution in [0.4, 0.5) is 0 Å². The van der Waals surface area contributed by atoms with Crippen molar-refractivity contribution in [3.63, 3.8) is 0 Å². The first-order valence-corrected chi connectivity index (χ1v) is 5.41. The van der Waals surface area contributed by atoms with E-state index in [2.05, 4.69) is 10.2 Å². The molecule has 0 aliphatic heterocycles. The Morgan fingerprint density at radius 1 is 1.47 bits per heavy atom. The van der Waals surface area contributed by atoms with E-state index in [1.54, 1.807) is 5.51 Å². The van der Waals surface area contributed by atoms with Crippen LogP contribution in [0.5, 0.6) is 10.9 Å². The summed E-state index contributed by atoms with van der Waals surface area (Å²) in [5, 5.41) is 8.08. The molecule has 0 spiro atoms. The SMILES string of the molecule is Cc1ccc(CN)cc1Oc1nncs1. The molecule has 1 aromatic heterocycles. The van der Waals surface area contributed by atoms with Gasteiger partial charge in [0.1, 0.15) is 11.3 Å². The zero-order valence-electron chi connectivity index (χ0n) is 8.30. The van der Waals surface area contributed by atoms with Crippen LogP contribution in [0.2, 0.25) is 0 Å². The standard InChI is InChI=1S/C10H11N3OS/c1-7-2-3-8(5-11)4-9(7)14-10-13-12-6-15-10/h2-4,6H,5,11H2,1H3. The quantitative estimate of drug-likeness (QED) is 0.862. The van der Waals surface area contributed by atoms with Crippen molar-refractivity contribution in [1.29, 1.82) is 0 Å². The molecule has 1 aromatic carbocycles. The van der Waals surface area contributed by atoms with E-state index in [1.165, 1.54) is 11.3 Å². The molecule has 5 heteroatoms. The van der Waals surface area contributed by atoms with Gasteiger partial charge in [0, 0.05) is 6.54 Å². The molecule has 0 radical (unpaired) electrons. The predicted molar refractivity (Wildman–Crippen MR) is 59.1 cm³/mol. The van der Waals surface area contributed by atoms with Crippen molar-refractivity contribution in [2.24, 2.45) is 5.73 Å². The average molecular weight is 221 g/mol. The van der Waals surface area contributed by atoms with Crippen LogP contribution in [0, 0.1) is 6.92 Å². The zero-order valence-corrected chi connectivity index (χ0v) is 9.12. The van der Waals surface area contributed by atoms with E-state index < -0.39 is 0 Å². The lowest BCUT2D eigenvalue weighted by atomic mass is 10.1. The average Bonchev–Trinajstić information content (AvgIpc) is 2.74. The molecule has 2 rings (SSSR count). The van der Waals surface area contributed by atoms with Gasteiger partial charge >= 0.3 is 0 Å². The summed E-state index contributed by atoms with van der Waals surface area (Å²) in [6.45, 7) is 2.49. The molecule has 0 fully saturated rings. The van der Waals surface area contributed by atoms with E-state index >= 15 is 0 Å². The van der Waals surface area contributed by atoms with Gasteiger partial charge in [0.15, 0.2) is 0 Å². The van der Waals surface area contributed by atoms with Crippen LogP contribution in [0.15, 0.2) is 23.7 Å². The smallest absolute Gasteiger partial charge is 0.299 e. The lowest BCUT2D eigenvalue weighted by Gasteiger charge is -2.06. The molecule has 2 N–H and O–H groups in total. The van der Waals surface area contributed by atoms with Gasteiger partial charge in [-0.2, -0.15) is 0 Å². The third kappa shape index (κ3) is 2.31. The van der Waals surface area contributed by atoms with Crippen LogP contribution in [0.1, 0.15) is 11.1 Å². The summed E-state index contributed by atoms with van der Waals surface area (Å²) in [5.41, 5.74) is 9.30. The summed E-state index contributed by atoms with van der Waals surface area (Å²) in [7, 11) is 0. The molecule has 0 saturated carbocycles. The Morgan fingerprint density at radius 3 is 3.00 bits per heavy atom. The van der Waals surface area contributed by atoms with Gasteiger partial charge in [-0.05, 0) is 24.1 Å². The predicted octanol–water partition coefficient (Wildman–Crippen LogP) is 2.10. The highest BCUT2D eigenvalue weighted by atomic mass is 32.1. The molecule has 0 bridgehead atoms. The number of aromatic nitrogens is 2. The Bertz CT molecular complexity index is 442. The minimum atomic E-state index is 0.507. The molecule has 0 amide bonds. The second-order valence-corrected chi connectivity index (χ2v) is 3.91. The van der Waals surface area contributed by atoms with E-state index in [-0.39, 0.29) is 0 Å². The Balaban J connectivity index is 2.27. The maximum Gasteiger partial charge on any atom is 0.299 e. The molecule has 78 valence electrons. The van der Waals surface area contributed by atoms with Gasteiger partial charge < -0.3 is 10.5 Å². The molecule has 0 saturated heterocycles. The second kappa shape index (κ2) is 4.37. The third-order valence-electron chi connectivity index (χ3n) is 2.03. The number of benzene rings is 1. The lowest BCUT2D eigenvalue weighted by Crippen LogP contribution is -1.97. The Labute approximate surface area is 91.7 Å². The van der Waals surface area contributed by atoms with E-state index in [1.807, 2.05) is 25.1 Å². The highest BCUT2D eigenvalue weighted by Gasteiger charge is 2.04. The molecule has 15 heavy (non-hydrogen) atoms. The van der Waals surface area contributed by atoms with Gasteiger partial charge in [-0.1, -0.05) is 28.6 Å². The molecule has 0 aliphatic carbocycles. The highest BCUT2D eigenvalue weighted by molar-refractivity contribution is 7.11. The first-order valence-electron chi connectivity index (χ1n) is 4.53. The minimum absolute atomic E-state index is 0.507. The number of nitrogens with zero attached hydrogens (tertiary/aromatic N) is 2. The van der Waals surface area contributed by atoms with Crippen molar-refractivity contribution in [1.82, 2.24) is 10.2 Å². The van der Waals surface area contributed by atoms with Crippen LogP contribution >= 0.6 is 11.3 Å². The number of aryl methyl sites for hydroxylation is 1. The van der Waals surface area contributed by atoms with Crippen molar-refractivity contribution in [3.05, 3.63) is 34.8 Å². The first kappa shape index (κ1) is 10.1. The fourth-order valence-electron chi connectivity index (χ4n) is 1.18. The fourth-order valence-corrected chi connectivity index (χ4v) is 1.60. The van der Waals surface area contributed by atoms with Crippen LogP contribution in [-0.4, -0.2) is 10.2 Å². The van der Waals surface area contributed by atoms with Crippen LogP contribution in [0.3, 0.4) is 0 Å². The van der Waals surface area contributed by atoms with Crippen molar-refractivity contribution in [2.75, 3.05) is 0 Å². The molecular formula is C10H11N3OS. The second-order valence-electron chi connectivity index (χ2n) is 3.11. The van der Waals surface area contributed by atoms with Gasteiger partial charge in [-0.15, -0.1) is 5.10 Å². The number of ether oxygens (including phenoxy) is 1. The Hall–Kier alpha value is -1.46. The monoisotopic (exact) mass is 221 g/mol. The maximum atomic E-state index is 5.58. The summed E-state index contributed by atoms with van der Waals surface area (Å²) in [6.07, 6.45) is 0. The topological polar surface area (TPSA) is 61.0 Å². The maximum absolute atomic E-state index is 5.58. The summed E-state index contributed by atoms with van der Waals surface area (Å²) in [6, 6.07) is 5.90. The van der Waals surface area contributed by atoms with Crippen LogP contribution in [0.25, 0.3) is 0 Å². The Morgan fingerprint density at radius 2 is 2.33 bits per heavy atom. The number of hydrogen-bond acceptors (Lipinski definition) is 5. The molecule has 2 aromatic rings. The minimum Gasteiger partial charge on any atom is -0.430 e. The van der Waals surface area contributed by atoms with Crippen molar-refractivity contribution in [3.8, 4) is 10.9 Å². The van der Waals surface area contributed by atoms with Gasteiger partial charge in [0.2, 0.25) is 0 Å². The van der Waals surface area contributed by atoms with Crippen LogP contribution in [-0.2, 0) is 6.54 Å². The number of rotatable bonds is 3. The van der Waals surface area contributed by atoms with Crippen molar-refractivity contribution < 1.29 is 4.74 Å². The van der Waals surface area contributed by atoms with E-state index in [0.29, 0.717) is 11.7 Å². The van der Waals surface area contributed by atoms with Gasteiger partial charge in [-0.3, -0.25) is 0 Å². The zero-order chi connectivity index (χ0) is 10.7. The molecular weight excluding hydrogens is 210 g/mol. The molecule has 1 heterocycles. The van der Waals surface area contributed by atoms with E-state index in [0.717, 1.165) is 16.9 Å². The molecule has 0 atom stereocenters. The first-order chi connectivity index (χ1) is 7.29. The summed E-state index contributed by atoms with van der Waals surface area (Å²) in [5.74, 6) is 0.787. The normalized spacial score (nSPS) is 10.3. The van der Waals surface area contributed by atoms with Gasteiger partial charge in [0.25, 0.3) is 5.19 Å². The third-order valence-corrected chi connectivity index (χ3v) is 2.59.